The van der Waals surface area contributed by atoms with Crippen LogP contribution in [0.3, 0.4) is 0 Å². The Hall–Kier alpha value is -2.72. The summed E-state index contributed by atoms with van der Waals surface area (Å²) in [5.74, 6) is -10.9. The van der Waals surface area contributed by atoms with Crippen LogP contribution < -0.4 is 16.0 Å². The van der Waals surface area contributed by atoms with E-state index in [2.05, 4.69) is 0 Å². The molecule has 1 atom stereocenters. The molecule has 0 saturated heterocycles. The molecule has 2 rings (SSSR count). The molecular weight excluding hydrogens is 363 g/mol. The van der Waals surface area contributed by atoms with Crippen LogP contribution in [0.1, 0.15) is 11.1 Å². The largest absolute Gasteiger partial charge is 0.489 e. The van der Waals surface area contributed by atoms with Crippen LogP contribution in [-0.2, 0) is 17.8 Å². The van der Waals surface area contributed by atoms with Gasteiger partial charge in [-0.1, -0.05) is 12.1 Å². The number of nitrogens with two attached hydrogens (primary N) is 1. The molecule has 0 aliphatic rings. The minimum Gasteiger partial charge on any atom is -0.489 e. The quantitative estimate of drug-likeness (QED) is 0.238. The van der Waals surface area contributed by atoms with Gasteiger partial charge in [-0.05, 0) is 24.1 Å². The molecule has 0 aromatic heterocycles. The fourth-order valence-electron chi connectivity index (χ4n) is 2.08. The lowest BCUT2D eigenvalue weighted by atomic mass is 10.1. The highest BCUT2D eigenvalue weighted by molar-refractivity contribution is 5.80. The van der Waals surface area contributed by atoms with Gasteiger partial charge in [0, 0.05) is 0 Å². The van der Waals surface area contributed by atoms with E-state index in [-0.39, 0.29) is 12.2 Å². The minimum absolute atomic E-state index is 0.0876. The third-order valence-corrected chi connectivity index (χ3v) is 3.51. The van der Waals surface area contributed by atoms with Crippen LogP contribution in [-0.4, -0.2) is 17.2 Å². The van der Waals surface area contributed by atoms with Gasteiger partial charge in [0.1, 0.15) is 12.4 Å². The van der Waals surface area contributed by atoms with E-state index in [0.29, 0.717) is 5.56 Å². The standard InChI is InChI=1S/C16H13F5N2O3/c17-11-9(12(18)14(20)15(21)13(11)19)6-26-8-3-1-7(2-4-8)5-10(22)16(24)23-25/h1-4,10,25H,5-6,22H2,(H,23,24)/t10-/m0/s1. The maximum absolute atomic E-state index is 13.5. The predicted molar refractivity (Wildman–Crippen MR) is 78.6 cm³/mol. The molecule has 5 nitrogen and oxygen atoms in total. The van der Waals surface area contributed by atoms with E-state index < -0.39 is 53.2 Å². The molecule has 0 fully saturated rings. The summed E-state index contributed by atoms with van der Waals surface area (Å²) in [6.45, 7) is -0.877. The summed E-state index contributed by atoms with van der Waals surface area (Å²) in [6, 6.07) is 4.70. The maximum atomic E-state index is 13.5. The van der Waals surface area contributed by atoms with Gasteiger partial charge in [0.15, 0.2) is 23.3 Å². The minimum atomic E-state index is -2.24. The second kappa shape index (κ2) is 8.11. The smallest absolute Gasteiger partial charge is 0.260 e. The molecule has 2 aromatic rings. The van der Waals surface area contributed by atoms with E-state index in [9.17, 15) is 26.7 Å². The molecule has 0 radical (unpaired) electrons. The first-order valence-electron chi connectivity index (χ1n) is 7.17. The van der Waals surface area contributed by atoms with Gasteiger partial charge < -0.3 is 10.5 Å². The van der Waals surface area contributed by atoms with Gasteiger partial charge in [-0.25, -0.2) is 27.4 Å². The van der Waals surface area contributed by atoms with Crippen LogP contribution in [0.2, 0.25) is 0 Å². The summed E-state index contributed by atoms with van der Waals surface area (Å²) < 4.78 is 71.3. The van der Waals surface area contributed by atoms with Gasteiger partial charge in [-0.3, -0.25) is 10.0 Å². The molecular formula is C16H13F5N2O3. The van der Waals surface area contributed by atoms with E-state index in [4.69, 9.17) is 15.7 Å². The summed E-state index contributed by atoms with van der Waals surface area (Å²) in [4.78, 5) is 11.1. The Morgan fingerprint density at radius 1 is 1.00 bits per heavy atom. The number of ether oxygens (including phenoxy) is 1. The van der Waals surface area contributed by atoms with Gasteiger partial charge >= 0.3 is 0 Å². The first-order valence-corrected chi connectivity index (χ1v) is 7.17. The second-order valence-corrected chi connectivity index (χ2v) is 5.27. The number of benzene rings is 2. The van der Waals surface area contributed by atoms with Crippen LogP contribution in [0.15, 0.2) is 24.3 Å². The molecule has 10 heteroatoms. The highest BCUT2D eigenvalue weighted by Crippen LogP contribution is 2.24. The Bertz CT molecular complexity index is 786. The van der Waals surface area contributed by atoms with Gasteiger partial charge in [-0.15, -0.1) is 0 Å². The monoisotopic (exact) mass is 376 g/mol. The van der Waals surface area contributed by atoms with Gasteiger partial charge in [0.25, 0.3) is 5.91 Å². The Morgan fingerprint density at radius 2 is 1.50 bits per heavy atom. The Kier molecular flexibility index (Phi) is 6.11. The number of hydroxylamine groups is 1. The van der Waals surface area contributed by atoms with Crippen molar-refractivity contribution in [2.75, 3.05) is 0 Å². The zero-order valence-electron chi connectivity index (χ0n) is 13.0. The molecule has 0 saturated carbocycles. The fraction of sp³-hybridized carbons (Fsp3) is 0.188. The molecule has 4 N–H and O–H groups in total. The van der Waals surface area contributed by atoms with E-state index in [1.54, 1.807) is 0 Å². The van der Waals surface area contributed by atoms with E-state index in [1.807, 2.05) is 0 Å². The number of hydrogen-bond acceptors (Lipinski definition) is 4. The third-order valence-electron chi connectivity index (χ3n) is 3.51. The second-order valence-electron chi connectivity index (χ2n) is 5.27. The summed E-state index contributed by atoms with van der Waals surface area (Å²) in [5, 5.41) is 8.47. The van der Waals surface area contributed by atoms with E-state index in [0.717, 1.165) is 0 Å². The van der Waals surface area contributed by atoms with Crippen LogP contribution in [0.5, 0.6) is 5.75 Å². The van der Waals surface area contributed by atoms with Crippen molar-refractivity contribution in [2.24, 2.45) is 5.73 Å². The number of carbonyl (C=O) groups excluding carboxylic acids is 1. The lowest BCUT2D eigenvalue weighted by molar-refractivity contribution is -0.130. The molecule has 0 aliphatic heterocycles. The number of halogens is 5. The Labute approximate surface area is 144 Å². The average Bonchev–Trinajstić information content (AvgIpc) is 2.65. The zero-order chi connectivity index (χ0) is 19.4. The van der Waals surface area contributed by atoms with Gasteiger partial charge in [-0.2, -0.15) is 0 Å². The molecule has 2 aromatic carbocycles. The SMILES string of the molecule is N[C@@H](Cc1ccc(OCc2c(F)c(F)c(F)c(F)c2F)cc1)C(=O)NO. The normalized spacial score (nSPS) is 12.0. The fourth-order valence-corrected chi connectivity index (χ4v) is 2.08. The lowest BCUT2D eigenvalue weighted by Crippen LogP contribution is -2.40. The van der Waals surface area contributed by atoms with Gasteiger partial charge in [0.05, 0.1) is 11.6 Å². The summed E-state index contributed by atoms with van der Waals surface area (Å²) in [7, 11) is 0. The third kappa shape index (κ3) is 4.09. The first kappa shape index (κ1) is 19.6. The van der Waals surface area contributed by atoms with Crippen molar-refractivity contribution in [3.05, 3.63) is 64.5 Å². The molecule has 140 valence electrons. The van der Waals surface area contributed by atoms with Gasteiger partial charge in [0.2, 0.25) is 5.82 Å². The topological polar surface area (TPSA) is 84.6 Å². The lowest BCUT2D eigenvalue weighted by Gasteiger charge is -2.12. The highest BCUT2D eigenvalue weighted by Gasteiger charge is 2.25. The summed E-state index contributed by atoms with van der Waals surface area (Å²) in [6.07, 6.45) is 0.0876. The van der Waals surface area contributed by atoms with Crippen molar-refractivity contribution in [3.8, 4) is 5.75 Å². The molecule has 0 bridgehead atoms. The number of amides is 1. The van der Waals surface area contributed by atoms with Crippen LogP contribution in [0, 0.1) is 29.1 Å². The molecule has 0 aliphatic carbocycles. The van der Waals surface area contributed by atoms with Crippen molar-refractivity contribution < 1.29 is 36.7 Å². The summed E-state index contributed by atoms with van der Waals surface area (Å²) >= 11 is 0. The average molecular weight is 376 g/mol. The van der Waals surface area contributed by atoms with Crippen molar-refractivity contribution >= 4 is 5.91 Å². The van der Waals surface area contributed by atoms with Crippen molar-refractivity contribution in [2.45, 2.75) is 19.1 Å². The van der Waals surface area contributed by atoms with Crippen molar-refractivity contribution in [1.82, 2.24) is 5.48 Å². The number of rotatable bonds is 6. The molecule has 0 heterocycles. The van der Waals surface area contributed by atoms with Crippen LogP contribution in [0.4, 0.5) is 22.0 Å². The zero-order valence-corrected chi connectivity index (χ0v) is 13.0. The maximum Gasteiger partial charge on any atom is 0.260 e. The van der Waals surface area contributed by atoms with E-state index in [1.165, 1.54) is 29.7 Å². The van der Waals surface area contributed by atoms with Crippen molar-refractivity contribution in [3.63, 3.8) is 0 Å². The number of nitrogens with one attached hydrogen (secondary N) is 1. The number of hydrogen-bond donors (Lipinski definition) is 3. The molecule has 0 unspecified atom stereocenters. The first-order chi connectivity index (χ1) is 12.3. The predicted octanol–water partition coefficient (Wildman–Crippen LogP) is 2.34. The number of carbonyl (C=O) groups is 1. The van der Waals surface area contributed by atoms with Crippen molar-refractivity contribution in [1.29, 1.82) is 0 Å². The molecule has 1 amide bonds. The Morgan fingerprint density at radius 3 is 2.00 bits per heavy atom. The highest BCUT2D eigenvalue weighted by atomic mass is 19.2. The molecule has 26 heavy (non-hydrogen) atoms. The summed E-state index contributed by atoms with van der Waals surface area (Å²) in [5.41, 5.74) is 6.43. The van der Waals surface area contributed by atoms with Crippen LogP contribution >= 0.6 is 0 Å². The van der Waals surface area contributed by atoms with Crippen LogP contribution in [0.25, 0.3) is 0 Å². The molecule has 0 spiro atoms. The Balaban J connectivity index is 2.08. The van der Waals surface area contributed by atoms with E-state index >= 15 is 0 Å².